The van der Waals surface area contributed by atoms with E-state index in [-0.39, 0.29) is 23.8 Å². The average Bonchev–Trinajstić information content (AvgIpc) is 2.65. The molecule has 3 amide bonds. The van der Waals surface area contributed by atoms with E-state index in [1.165, 1.54) is 29.2 Å². The van der Waals surface area contributed by atoms with Gasteiger partial charge in [0.05, 0.1) is 10.6 Å². The molecule has 0 unspecified atom stereocenters. The molecule has 7 nitrogen and oxygen atoms in total. The number of imide groups is 1. The van der Waals surface area contributed by atoms with Crippen LogP contribution in [0.3, 0.4) is 0 Å². The second-order valence-corrected chi connectivity index (χ2v) is 4.21. The molecule has 7 heteroatoms. The molecule has 19 heavy (non-hydrogen) atoms. The smallest absolute Gasteiger partial charge is 0.315 e. The largest absolute Gasteiger partial charge is 0.331 e. The molecule has 0 atom stereocenters. The quantitative estimate of drug-likeness (QED) is 0.471. The van der Waals surface area contributed by atoms with Gasteiger partial charge in [0.2, 0.25) is 0 Å². The van der Waals surface area contributed by atoms with E-state index in [9.17, 15) is 19.7 Å². The summed E-state index contributed by atoms with van der Waals surface area (Å²) in [6.45, 7) is 2.43. The van der Waals surface area contributed by atoms with E-state index in [0.29, 0.717) is 6.54 Å². The van der Waals surface area contributed by atoms with E-state index in [2.05, 4.69) is 0 Å². The van der Waals surface area contributed by atoms with Crippen molar-refractivity contribution in [1.29, 1.82) is 0 Å². The van der Waals surface area contributed by atoms with Crippen LogP contribution in [0.15, 0.2) is 24.3 Å². The van der Waals surface area contributed by atoms with Crippen LogP contribution in [0.5, 0.6) is 0 Å². The monoisotopic (exact) mass is 263 g/mol. The van der Waals surface area contributed by atoms with Crippen molar-refractivity contribution in [3.8, 4) is 0 Å². The number of hydrogen-bond donors (Lipinski definition) is 0. The lowest BCUT2D eigenvalue weighted by molar-refractivity contribution is -0.384. The number of nitro benzene ring substituents is 1. The van der Waals surface area contributed by atoms with Crippen molar-refractivity contribution in [2.75, 3.05) is 18.0 Å². The summed E-state index contributed by atoms with van der Waals surface area (Å²) in [7, 11) is 0. The molecule has 1 heterocycles. The Morgan fingerprint density at radius 1 is 1.37 bits per heavy atom. The zero-order valence-electron chi connectivity index (χ0n) is 10.4. The normalized spacial score (nSPS) is 15.2. The first kappa shape index (κ1) is 13.0. The van der Waals surface area contributed by atoms with Gasteiger partial charge in [0, 0.05) is 18.7 Å². The van der Waals surface area contributed by atoms with Gasteiger partial charge in [-0.25, -0.2) is 9.69 Å². The van der Waals surface area contributed by atoms with Crippen LogP contribution >= 0.6 is 0 Å². The second kappa shape index (κ2) is 5.05. The molecule has 1 aromatic carbocycles. The van der Waals surface area contributed by atoms with Crippen LogP contribution in [0.1, 0.15) is 13.3 Å². The number of anilines is 1. The molecule has 1 aliphatic rings. The van der Waals surface area contributed by atoms with Gasteiger partial charge in [-0.2, -0.15) is 0 Å². The number of nitro groups is 1. The number of non-ortho nitro benzene ring substituents is 1. The molecule has 100 valence electrons. The Morgan fingerprint density at radius 3 is 2.74 bits per heavy atom. The van der Waals surface area contributed by atoms with Crippen molar-refractivity contribution in [2.24, 2.45) is 0 Å². The van der Waals surface area contributed by atoms with E-state index in [0.717, 1.165) is 11.3 Å². The molecule has 1 fully saturated rings. The SMILES string of the molecule is CCCN1CC(=O)N(c2cccc([N+](=O)[O-])c2)C1=O. The van der Waals surface area contributed by atoms with Gasteiger partial charge >= 0.3 is 6.03 Å². The van der Waals surface area contributed by atoms with Crippen LogP contribution in [0.4, 0.5) is 16.2 Å². The number of hydrogen-bond acceptors (Lipinski definition) is 4. The number of nitrogens with zero attached hydrogens (tertiary/aromatic N) is 3. The minimum Gasteiger partial charge on any atom is -0.315 e. The number of carbonyl (C=O) groups is 2. The highest BCUT2D eigenvalue weighted by Gasteiger charge is 2.36. The topological polar surface area (TPSA) is 83.8 Å². The number of rotatable bonds is 4. The maximum absolute atomic E-state index is 12.0. The first-order chi connectivity index (χ1) is 9.04. The molecular formula is C12H13N3O4. The van der Waals surface area contributed by atoms with E-state index < -0.39 is 11.0 Å². The fraction of sp³-hybridized carbons (Fsp3) is 0.333. The summed E-state index contributed by atoms with van der Waals surface area (Å²) in [6, 6.07) is 5.09. The van der Waals surface area contributed by atoms with Crippen molar-refractivity contribution < 1.29 is 14.5 Å². The average molecular weight is 263 g/mol. The van der Waals surface area contributed by atoms with Crippen LogP contribution in [-0.4, -0.2) is 34.9 Å². The summed E-state index contributed by atoms with van der Waals surface area (Å²) < 4.78 is 0. The van der Waals surface area contributed by atoms with E-state index >= 15 is 0 Å². The third-order valence-electron chi connectivity index (χ3n) is 2.83. The van der Waals surface area contributed by atoms with Crippen molar-refractivity contribution in [3.05, 3.63) is 34.4 Å². The van der Waals surface area contributed by atoms with Crippen LogP contribution in [0.25, 0.3) is 0 Å². The van der Waals surface area contributed by atoms with Gasteiger partial charge in [-0.1, -0.05) is 13.0 Å². The summed E-state index contributed by atoms with van der Waals surface area (Å²) in [6.07, 6.45) is 0.752. The summed E-state index contributed by atoms with van der Waals surface area (Å²) in [4.78, 5) is 36.5. The van der Waals surface area contributed by atoms with Gasteiger partial charge in [-0.05, 0) is 12.5 Å². The molecule has 0 radical (unpaired) electrons. The minimum absolute atomic E-state index is 0.0232. The fourth-order valence-electron chi connectivity index (χ4n) is 1.99. The Balaban J connectivity index is 2.31. The number of benzene rings is 1. The number of carbonyl (C=O) groups excluding carboxylic acids is 2. The van der Waals surface area contributed by atoms with Crippen molar-refractivity contribution in [1.82, 2.24) is 4.90 Å². The van der Waals surface area contributed by atoms with Gasteiger partial charge in [0.25, 0.3) is 11.6 Å². The Morgan fingerprint density at radius 2 is 2.11 bits per heavy atom. The van der Waals surface area contributed by atoms with E-state index in [1.54, 1.807) is 0 Å². The maximum atomic E-state index is 12.0. The lowest BCUT2D eigenvalue weighted by Gasteiger charge is -2.16. The van der Waals surface area contributed by atoms with Crippen molar-refractivity contribution in [3.63, 3.8) is 0 Å². The molecule has 0 spiro atoms. The lowest BCUT2D eigenvalue weighted by Crippen LogP contribution is -2.33. The van der Waals surface area contributed by atoms with Crippen molar-refractivity contribution >= 4 is 23.3 Å². The first-order valence-corrected chi connectivity index (χ1v) is 5.91. The summed E-state index contributed by atoms with van der Waals surface area (Å²) in [5, 5.41) is 10.7. The molecule has 2 rings (SSSR count). The summed E-state index contributed by atoms with van der Waals surface area (Å²) >= 11 is 0. The molecule has 0 bridgehead atoms. The third kappa shape index (κ3) is 2.40. The fourth-order valence-corrected chi connectivity index (χ4v) is 1.99. The van der Waals surface area contributed by atoms with Gasteiger partial charge < -0.3 is 4.90 Å². The summed E-state index contributed by atoms with van der Waals surface area (Å²) in [5.41, 5.74) is 0.0924. The lowest BCUT2D eigenvalue weighted by atomic mass is 10.2. The number of urea groups is 1. The Bertz CT molecular complexity index is 544. The van der Waals surface area contributed by atoms with Crippen molar-refractivity contribution in [2.45, 2.75) is 13.3 Å². The number of amides is 3. The minimum atomic E-state index is -0.557. The Labute approximate surface area is 109 Å². The molecule has 0 aliphatic carbocycles. The van der Waals surface area contributed by atoms with E-state index in [4.69, 9.17) is 0 Å². The zero-order valence-corrected chi connectivity index (χ0v) is 10.4. The molecule has 0 N–H and O–H groups in total. The molecular weight excluding hydrogens is 250 g/mol. The van der Waals surface area contributed by atoms with Gasteiger partial charge in [0.1, 0.15) is 6.54 Å². The predicted molar refractivity (Wildman–Crippen MR) is 67.8 cm³/mol. The van der Waals surface area contributed by atoms with Crippen LogP contribution in [-0.2, 0) is 4.79 Å². The van der Waals surface area contributed by atoms with Gasteiger partial charge in [0.15, 0.2) is 0 Å². The van der Waals surface area contributed by atoms with Gasteiger partial charge in [-0.3, -0.25) is 14.9 Å². The first-order valence-electron chi connectivity index (χ1n) is 5.91. The second-order valence-electron chi connectivity index (χ2n) is 4.21. The van der Waals surface area contributed by atoms with E-state index in [1.807, 2.05) is 6.92 Å². The van der Waals surface area contributed by atoms with Crippen LogP contribution < -0.4 is 4.90 Å². The molecule has 0 aromatic heterocycles. The predicted octanol–water partition coefficient (Wildman–Crippen LogP) is 1.77. The highest BCUT2D eigenvalue weighted by Crippen LogP contribution is 2.25. The zero-order chi connectivity index (χ0) is 14.0. The molecule has 1 saturated heterocycles. The van der Waals surface area contributed by atoms with Crippen LogP contribution in [0, 0.1) is 10.1 Å². The highest BCUT2D eigenvalue weighted by atomic mass is 16.6. The Kier molecular flexibility index (Phi) is 3.46. The van der Waals surface area contributed by atoms with Crippen LogP contribution in [0.2, 0.25) is 0 Å². The third-order valence-corrected chi connectivity index (χ3v) is 2.83. The molecule has 0 saturated carbocycles. The van der Waals surface area contributed by atoms with Gasteiger partial charge in [-0.15, -0.1) is 0 Å². The Hall–Kier alpha value is -2.44. The summed E-state index contributed by atoms with van der Waals surface area (Å²) in [5.74, 6) is -0.362. The molecule has 1 aromatic rings. The maximum Gasteiger partial charge on any atom is 0.331 e. The molecule has 1 aliphatic heterocycles. The highest BCUT2D eigenvalue weighted by molar-refractivity contribution is 6.19. The standard InChI is InChI=1S/C12H13N3O4/c1-2-6-13-8-11(16)14(12(13)17)9-4-3-5-10(7-9)15(18)19/h3-5,7H,2,6,8H2,1H3.